The molecule has 9 heteroatoms. The molecule has 9 nitrogen and oxygen atoms in total. The highest BCUT2D eigenvalue weighted by Gasteiger charge is 2.29. The van der Waals surface area contributed by atoms with Gasteiger partial charge in [0, 0.05) is 43.4 Å². The molecule has 4 rings (SSSR count). The highest BCUT2D eigenvalue weighted by Crippen LogP contribution is 2.41. The number of anilines is 1. The van der Waals surface area contributed by atoms with Crippen molar-refractivity contribution in [2.45, 2.75) is 84.7 Å². The predicted octanol–water partition coefficient (Wildman–Crippen LogP) is 6.14. The molecular weight excluding hydrogens is 532 g/mol. The number of Topliss-reactive ketones (excluding diaryl/α,β-unsaturated/α-hetero) is 1. The van der Waals surface area contributed by atoms with Crippen LogP contribution in [-0.2, 0) is 36.9 Å². The quantitative estimate of drug-likeness (QED) is 0.150. The van der Waals surface area contributed by atoms with Gasteiger partial charge in [-0.05, 0) is 31.4 Å². The SMILES string of the molecule is CCCCCCC(=O)OCCn1nnc2c1-c1ccccc1N(C(=O)CCCC(=O)CCOCC)Cc1ccccc1-2. The molecule has 0 N–H and O–H groups in total. The van der Waals surface area contributed by atoms with Crippen molar-refractivity contribution in [3.63, 3.8) is 0 Å². The van der Waals surface area contributed by atoms with Gasteiger partial charge in [-0.1, -0.05) is 73.9 Å². The first kappa shape index (κ1) is 31.1. The highest BCUT2D eigenvalue weighted by molar-refractivity contribution is 6.00. The number of carbonyl (C=O) groups excluding carboxylic acids is 3. The van der Waals surface area contributed by atoms with Crippen LogP contribution in [-0.4, -0.2) is 52.5 Å². The number of ether oxygens (including phenoxy) is 2. The zero-order valence-electron chi connectivity index (χ0n) is 24.8. The molecule has 3 aromatic rings. The van der Waals surface area contributed by atoms with E-state index in [1.54, 1.807) is 9.58 Å². The summed E-state index contributed by atoms with van der Waals surface area (Å²) in [5.74, 6) is -0.140. The summed E-state index contributed by atoms with van der Waals surface area (Å²) < 4.78 is 12.6. The number of carbonyl (C=O) groups is 3. The van der Waals surface area contributed by atoms with Gasteiger partial charge in [0.05, 0.1) is 31.1 Å². The summed E-state index contributed by atoms with van der Waals surface area (Å²) in [6.45, 7) is 5.96. The maximum Gasteiger partial charge on any atom is 0.305 e. The number of ketones is 1. The highest BCUT2D eigenvalue weighted by atomic mass is 16.5. The second-order valence-corrected chi connectivity index (χ2v) is 10.5. The van der Waals surface area contributed by atoms with Crippen LogP contribution >= 0.6 is 0 Å². The van der Waals surface area contributed by atoms with E-state index in [1.807, 2.05) is 55.5 Å². The predicted molar refractivity (Wildman–Crippen MR) is 162 cm³/mol. The topological polar surface area (TPSA) is 104 Å². The molecule has 224 valence electrons. The van der Waals surface area contributed by atoms with Gasteiger partial charge in [-0.2, -0.15) is 0 Å². The van der Waals surface area contributed by atoms with E-state index in [9.17, 15) is 14.4 Å². The van der Waals surface area contributed by atoms with Crippen molar-refractivity contribution in [3.05, 3.63) is 54.1 Å². The number of unbranched alkanes of at least 4 members (excludes halogenated alkanes) is 3. The van der Waals surface area contributed by atoms with Crippen molar-refractivity contribution in [1.29, 1.82) is 0 Å². The molecule has 0 bridgehead atoms. The molecule has 1 aliphatic heterocycles. The van der Waals surface area contributed by atoms with Gasteiger partial charge in [-0.15, -0.1) is 5.10 Å². The summed E-state index contributed by atoms with van der Waals surface area (Å²) >= 11 is 0. The molecule has 1 aromatic heterocycles. The minimum atomic E-state index is -0.201. The van der Waals surface area contributed by atoms with Crippen molar-refractivity contribution in [1.82, 2.24) is 15.0 Å². The van der Waals surface area contributed by atoms with Crippen LogP contribution in [0.5, 0.6) is 0 Å². The summed E-state index contributed by atoms with van der Waals surface area (Å²) in [6, 6.07) is 15.7. The number of para-hydroxylation sites is 1. The van der Waals surface area contributed by atoms with Gasteiger partial charge >= 0.3 is 5.97 Å². The Balaban J connectivity index is 1.55. The number of hydrogen-bond acceptors (Lipinski definition) is 7. The lowest BCUT2D eigenvalue weighted by atomic mass is 9.95. The summed E-state index contributed by atoms with van der Waals surface area (Å²) in [5.41, 5.74) is 4.97. The molecule has 0 saturated heterocycles. The Kier molecular flexibility index (Phi) is 11.8. The number of rotatable bonds is 16. The van der Waals surface area contributed by atoms with Crippen molar-refractivity contribution < 1.29 is 23.9 Å². The van der Waals surface area contributed by atoms with E-state index < -0.39 is 0 Å². The molecule has 0 fully saturated rings. The van der Waals surface area contributed by atoms with Gasteiger partial charge in [0.2, 0.25) is 5.91 Å². The van der Waals surface area contributed by atoms with Crippen LogP contribution in [0.1, 0.15) is 77.2 Å². The minimum absolute atomic E-state index is 0.0469. The first-order chi connectivity index (χ1) is 20.5. The fourth-order valence-electron chi connectivity index (χ4n) is 5.24. The van der Waals surface area contributed by atoms with E-state index in [4.69, 9.17) is 9.47 Å². The fraction of sp³-hybridized carbons (Fsp3) is 0.485. The Hall–Kier alpha value is -3.85. The normalized spacial score (nSPS) is 12.1. The first-order valence-electron chi connectivity index (χ1n) is 15.2. The molecule has 1 amide bonds. The fourth-order valence-corrected chi connectivity index (χ4v) is 5.24. The zero-order chi connectivity index (χ0) is 29.7. The Morgan fingerprint density at radius 1 is 0.833 bits per heavy atom. The van der Waals surface area contributed by atoms with E-state index in [1.165, 1.54) is 0 Å². The summed E-state index contributed by atoms with van der Waals surface area (Å²) in [5, 5.41) is 9.01. The van der Waals surface area contributed by atoms with Crippen molar-refractivity contribution in [2.75, 3.05) is 24.7 Å². The summed E-state index contributed by atoms with van der Waals surface area (Å²) in [7, 11) is 0. The van der Waals surface area contributed by atoms with Gasteiger partial charge < -0.3 is 14.4 Å². The molecule has 0 radical (unpaired) electrons. The molecule has 42 heavy (non-hydrogen) atoms. The van der Waals surface area contributed by atoms with Gasteiger partial charge in [-0.3, -0.25) is 14.4 Å². The number of benzene rings is 2. The van der Waals surface area contributed by atoms with Crippen LogP contribution in [0.2, 0.25) is 0 Å². The zero-order valence-corrected chi connectivity index (χ0v) is 24.8. The molecule has 0 atom stereocenters. The number of hydrogen-bond donors (Lipinski definition) is 0. The smallest absolute Gasteiger partial charge is 0.305 e. The molecule has 1 aliphatic rings. The third kappa shape index (κ3) is 8.12. The average molecular weight is 575 g/mol. The lowest BCUT2D eigenvalue weighted by Crippen LogP contribution is -2.31. The molecule has 2 aromatic carbocycles. The van der Waals surface area contributed by atoms with E-state index >= 15 is 0 Å². The minimum Gasteiger partial charge on any atom is -0.464 e. The monoisotopic (exact) mass is 574 g/mol. The standard InChI is InChI=1S/C33H42N4O5/c1-3-5-6-7-19-31(40)42-23-21-37-33-28-16-10-11-17-29(28)36(30(39)18-12-14-26(38)20-22-41-4-2)24-25-13-8-9-15-27(25)32(33)34-35-37/h8-11,13,15-17H,3-7,12,14,18-24H2,1-2H3. The lowest BCUT2D eigenvalue weighted by Gasteiger charge is -2.29. The largest absolute Gasteiger partial charge is 0.464 e. The first-order valence-corrected chi connectivity index (χ1v) is 15.2. The Morgan fingerprint density at radius 2 is 1.62 bits per heavy atom. The third-order valence-electron chi connectivity index (χ3n) is 7.46. The van der Waals surface area contributed by atoms with Gasteiger partial charge in [0.1, 0.15) is 18.1 Å². The number of fused-ring (bicyclic) bond motifs is 5. The van der Waals surface area contributed by atoms with E-state index in [2.05, 4.69) is 17.2 Å². The molecular formula is C33H42N4O5. The van der Waals surface area contributed by atoms with Crippen molar-refractivity contribution in [3.8, 4) is 22.5 Å². The number of nitrogens with zero attached hydrogens (tertiary/aromatic N) is 4. The van der Waals surface area contributed by atoms with Crippen LogP contribution in [0.4, 0.5) is 5.69 Å². The lowest BCUT2D eigenvalue weighted by molar-refractivity contribution is -0.144. The van der Waals surface area contributed by atoms with Gasteiger partial charge in [0.15, 0.2) is 0 Å². The molecule has 0 unspecified atom stereocenters. The van der Waals surface area contributed by atoms with Crippen LogP contribution in [0, 0.1) is 0 Å². The third-order valence-corrected chi connectivity index (χ3v) is 7.46. The Labute approximate surface area is 248 Å². The number of esters is 1. The van der Waals surface area contributed by atoms with Crippen molar-refractivity contribution in [2.24, 2.45) is 0 Å². The number of aromatic nitrogens is 3. The van der Waals surface area contributed by atoms with Gasteiger partial charge in [-0.25, -0.2) is 4.68 Å². The van der Waals surface area contributed by atoms with Crippen LogP contribution < -0.4 is 4.90 Å². The van der Waals surface area contributed by atoms with Crippen LogP contribution in [0.15, 0.2) is 48.5 Å². The Morgan fingerprint density at radius 3 is 2.43 bits per heavy atom. The van der Waals surface area contributed by atoms with Crippen LogP contribution in [0.3, 0.4) is 0 Å². The number of amides is 1. The Bertz CT molecular complexity index is 1350. The molecule has 0 saturated carbocycles. The van der Waals surface area contributed by atoms with E-state index in [-0.39, 0.29) is 30.7 Å². The molecule has 2 heterocycles. The average Bonchev–Trinajstić information content (AvgIpc) is 3.40. The maximum atomic E-state index is 13.7. The summed E-state index contributed by atoms with van der Waals surface area (Å²) in [4.78, 5) is 40.0. The summed E-state index contributed by atoms with van der Waals surface area (Å²) in [6.07, 6.45) is 5.98. The van der Waals surface area contributed by atoms with E-state index in [0.717, 1.165) is 59.4 Å². The second-order valence-electron chi connectivity index (χ2n) is 10.5. The molecule has 0 spiro atoms. The second kappa shape index (κ2) is 16.0. The maximum absolute atomic E-state index is 13.7. The van der Waals surface area contributed by atoms with Crippen molar-refractivity contribution >= 4 is 23.3 Å². The van der Waals surface area contributed by atoms with Crippen LogP contribution in [0.25, 0.3) is 22.5 Å². The van der Waals surface area contributed by atoms with Gasteiger partial charge in [0.25, 0.3) is 0 Å². The van der Waals surface area contributed by atoms with E-state index in [0.29, 0.717) is 52.0 Å². The molecule has 0 aliphatic carbocycles.